The SMILES string of the molecule is O=C(O)C(O)c1cc(Br)c(Cl)cc1F. The van der Waals surface area contributed by atoms with Gasteiger partial charge in [-0.2, -0.15) is 0 Å². The van der Waals surface area contributed by atoms with Gasteiger partial charge < -0.3 is 10.2 Å². The molecule has 1 aromatic rings. The Hall–Kier alpha value is -0.650. The number of hydrogen-bond donors (Lipinski definition) is 2. The summed E-state index contributed by atoms with van der Waals surface area (Å²) in [7, 11) is 0. The van der Waals surface area contributed by atoms with Gasteiger partial charge in [0.15, 0.2) is 6.10 Å². The average Bonchev–Trinajstić information content (AvgIpc) is 2.10. The number of aliphatic carboxylic acids is 1. The van der Waals surface area contributed by atoms with Crippen LogP contribution < -0.4 is 0 Å². The van der Waals surface area contributed by atoms with E-state index < -0.39 is 17.9 Å². The molecule has 0 radical (unpaired) electrons. The molecular formula is C8H5BrClFO3. The fourth-order valence-electron chi connectivity index (χ4n) is 0.881. The van der Waals surface area contributed by atoms with Crippen LogP contribution in [0.2, 0.25) is 5.02 Å². The second kappa shape index (κ2) is 4.25. The van der Waals surface area contributed by atoms with Crippen molar-refractivity contribution in [2.24, 2.45) is 0 Å². The van der Waals surface area contributed by atoms with Crippen LogP contribution in [-0.2, 0) is 4.79 Å². The van der Waals surface area contributed by atoms with Crippen molar-refractivity contribution in [3.05, 3.63) is 33.0 Å². The molecule has 0 saturated carbocycles. The molecule has 0 aromatic heterocycles. The second-order valence-corrected chi connectivity index (χ2v) is 3.79. The largest absolute Gasteiger partial charge is 0.479 e. The second-order valence-electron chi connectivity index (χ2n) is 2.53. The first-order valence-electron chi connectivity index (χ1n) is 3.48. The summed E-state index contributed by atoms with van der Waals surface area (Å²) in [4.78, 5) is 10.4. The molecule has 0 heterocycles. The van der Waals surface area contributed by atoms with E-state index in [9.17, 15) is 9.18 Å². The summed E-state index contributed by atoms with van der Waals surface area (Å²) in [5.74, 6) is -2.37. The molecule has 76 valence electrons. The number of aliphatic hydroxyl groups excluding tert-OH is 1. The number of rotatable bonds is 2. The maximum Gasteiger partial charge on any atom is 0.337 e. The van der Waals surface area contributed by atoms with Gasteiger partial charge in [-0.1, -0.05) is 11.6 Å². The maximum absolute atomic E-state index is 13.1. The standard InChI is InChI=1S/C8H5BrClFO3/c9-4-1-3(7(12)8(13)14)6(11)2-5(4)10/h1-2,7,12H,(H,13,14). The quantitative estimate of drug-likeness (QED) is 0.819. The van der Waals surface area contributed by atoms with Gasteiger partial charge in [0.25, 0.3) is 0 Å². The summed E-state index contributed by atoms with van der Waals surface area (Å²) in [6.07, 6.45) is -1.89. The zero-order chi connectivity index (χ0) is 10.9. The average molecular weight is 283 g/mol. The smallest absolute Gasteiger partial charge is 0.337 e. The van der Waals surface area contributed by atoms with Gasteiger partial charge in [-0.15, -0.1) is 0 Å². The molecule has 1 rings (SSSR count). The van der Waals surface area contributed by atoms with Crippen molar-refractivity contribution in [2.75, 3.05) is 0 Å². The van der Waals surface area contributed by atoms with Crippen LogP contribution in [0.15, 0.2) is 16.6 Å². The van der Waals surface area contributed by atoms with Crippen LogP contribution in [0, 0.1) is 5.82 Å². The third-order valence-corrected chi connectivity index (χ3v) is 2.77. The molecular weight excluding hydrogens is 278 g/mol. The fourth-order valence-corrected chi connectivity index (χ4v) is 1.39. The first kappa shape index (κ1) is 11.4. The van der Waals surface area contributed by atoms with Crippen molar-refractivity contribution in [1.82, 2.24) is 0 Å². The molecule has 0 saturated heterocycles. The number of aliphatic hydroxyl groups is 1. The van der Waals surface area contributed by atoms with Gasteiger partial charge in [0, 0.05) is 10.0 Å². The van der Waals surface area contributed by atoms with Gasteiger partial charge >= 0.3 is 5.97 Å². The van der Waals surface area contributed by atoms with Crippen molar-refractivity contribution in [1.29, 1.82) is 0 Å². The lowest BCUT2D eigenvalue weighted by Crippen LogP contribution is -2.12. The third kappa shape index (κ3) is 2.23. The molecule has 3 nitrogen and oxygen atoms in total. The molecule has 1 unspecified atom stereocenters. The molecule has 1 aromatic carbocycles. The highest BCUT2D eigenvalue weighted by Gasteiger charge is 2.21. The molecule has 0 spiro atoms. The van der Waals surface area contributed by atoms with Crippen LogP contribution in [0.3, 0.4) is 0 Å². The summed E-state index contributed by atoms with van der Waals surface area (Å²) < 4.78 is 13.4. The Morgan fingerprint density at radius 1 is 1.57 bits per heavy atom. The Bertz CT molecular complexity index is 383. The highest BCUT2D eigenvalue weighted by molar-refractivity contribution is 9.10. The maximum atomic E-state index is 13.1. The van der Waals surface area contributed by atoms with E-state index in [1.54, 1.807) is 0 Å². The van der Waals surface area contributed by atoms with Crippen molar-refractivity contribution in [3.63, 3.8) is 0 Å². The van der Waals surface area contributed by atoms with Gasteiger partial charge in [-0.25, -0.2) is 9.18 Å². The van der Waals surface area contributed by atoms with Gasteiger partial charge in [0.1, 0.15) is 5.82 Å². The van der Waals surface area contributed by atoms with E-state index in [-0.39, 0.29) is 10.6 Å². The molecule has 0 aliphatic carbocycles. The predicted molar refractivity (Wildman–Crippen MR) is 51.7 cm³/mol. The topological polar surface area (TPSA) is 57.5 Å². The summed E-state index contributed by atoms with van der Waals surface area (Å²) >= 11 is 8.55. The zero-order valence-electron chi connectivity index (χ0n) is 6.67. The first-order chi connectivity index (χ1) is 6.43. The van der Waals surface area contributed by atoms with Crippen LogP contribution in [0.25, 0.3) is 0 Å². The van der Waals surface area contributed by atoms with E-state index in [0.29, 0.717) is 4.47 Å². The van der Waals surface area contributed by atoms with Crippen LogP contribution in [0.1, 0.15) is 11.7 Å². The number of carboxylic acid groups (broad SMARTS) is 1. The lowest BCUT2D eigenvalue weighted by atomic mass is 10.1. The Kier molecular flexibility index (Phi) is 3.47. The summed E-state index contributed by atoms with van der Waals surface area (Å²) in [5, 5.41) is 17.7. The van der Waals surface area contributed by atoms with E-state index in [1.807, 2.05) is 0 Å². The Morgan fingerprint density at radius 2 is 2.14 bits per heavy atom. The lowest BCUT2D eigenvalue weighted by molar-refractivity contribution is -0.147. The number of carboxylic acids is 1. The number of halogens is 3. The van der Waals surface area contributed by atoms with E-state index in [1.165, 1.54) is 0 Å². The summed E-state index contributed by atoms with van der Waals surface area (Å²) in [6, 6.07) is 2.07. The molecule has 1 atom stereocenters. The highest BCUT2D eigenvalue weighted by Crippen LogP contribution is 2.28. The molecule has 0 fully saturated rings. The minimum absolute atomic E-state index is 0.115. The fraction of sp³-hybridized carbons (Fsp3) is 0.125. The van der Waals surface area contributed by atoms with Crippen molar-refractivity contribution in [2.45, 2.75) is 6.10 Å². The predicted octanol–water partition coefficient (Wildman–Crippen LogP) is 2.36. The molecule has 6 heteroatoms. The van der Waals surface area contributed by atoms with Crippen molar-refractivity contribution < 1.29 is 19.4 Å². The first-order valence-corrected chi connectivity index (χ1v) is 4.66. The molecule has 0 aliphatic rings. The molecule has 0 aliphatic heterocycles. The van der Waals surface area contributed by atoms with Crippen molar-refractivity contribution >= 4 is 33.5 Å². The van der Waals surface area contributed by atoms with Crippen molar-refractivity contribution in [3.8, 4) is 0 Å². The van der Waals surface area contributed by atoms with E-state index in [0.717, 1.165) is 12.1 Å². The summed E-state index contributed by atoms with van der Waals surface area (Å²) in [6.45, 7) is 0. The molecule has 14 heavy (non-hydrogen) atoms. The van der Waals surface area contributed by atoms with Gasteiger partial charge in [-0.3, -0.25) is 0 Å². The van der Waals surface area contributed by atoms with Crippen LogP contribution >= 0.6 is 27.5 Å². The Morgan fingerprint density at radius 3 is 2.64 bits per heavy atom. The normalized spacial score (nSPS) is 12.6. The number of carbonyl (C=O) groups is 1. The lowest BCUT2D eigenvalue weighted by Gasteiger charge is -2.08. The van der Waals surface area contributed by atoms with Crippen LogP contribution in [0.5, 0.6) is 0 Å². The Balaban J connectivity index is 3.22. The number of hydrogen-bond acceptors (Lipinski definition) is 2. The minimum atomic E-state index is -1.89. The van der Waals surface area contributed by atoms with Gasteiger partial charge in [0.2, 0.25) is 0 Å². The number of benzene rings is 1. The minimum Gasteiger partial charge on any atom is -0.479 e. The molecule has 0 bridgehead atoms. The van der Waals surface area contributed by atoms with Crippen LogP contribution in [0.4, 0.5) is 4.39 Å². The Labute approximate surface area is 92.2 Å². The summed E-state index contributed by atoms with van der Waals surface area (Å²) in [5.41, 5.74) is -0.325. The van der Waals surface area contributed by atoms with Gasteiger partial charge in [0.05, 0.1) is 5.02 Å². The molecule has 2 N–H and O–H groups in total. The highest BCUT2D eigenvalue weighted by atomic mass is 79.9. The zero-order valence-corrected chi connectivity index (χ0v) is 9.01. The van der Waals surface area contributed by atoms with E-state index in [2.05, 4.69) is 15.9 Å². The van der Waals surface area contributed by atoms with E-state index in [4.69, 9.17) is 21.8 Å². The van der Waals surface area contributed by atoms with E-state index >= 15 is 0 Å². The monoisotopic (exact) mass is 282 g/mol. The third-order valence-electron chi connectivity index (χ3n) is 1.57. The van der Waals surface area contributed by atoms with Gasteiger partial charge in [-0.05, 0) is 28.1 Å². The van der Waals surface area contributed by atoms with Crippen LogP contribution in [-0.4, -0.2) is 16.2 Å². The molecule has 0 amide bonds.